The van der Waals surface area contributed by atoms with Gasteiger partial charge < -0.3 is 0 Å². The molecule has 20 heavy (non-hydrogen) atoms. The molecule has 0 atom stereocenters. The molecular formula is C19H26Si. The highest BCUT2D eigenvalue weighted by Crippen LogP contribution is 2.43. The Labute approximate surface area is 124 Å². The maximum Gasteiger partial charge on any atom is 0.120 e. The second-order valence-corrected chi connectivity index (χ2v) is 10.7. The van der Waals surface area contributed by atoms with E-state index in [0.717, 1.165) is 0 Å². The predicted octanol–water partition coefficient (Wildman–Crippen LogP) is 4.46. The third kappa shape index (κ3) is 2.35. The fraction of sp³-hybridized carbons (Fsp3) is 0.368. The molecule has 1 heteroatoms. The van der Waals surface area contributed by atoms with Crippen molar-refractivity contribution in [3.05, 3.63) is 60.7 Å². The van der Waals surface area contributed by atoms with Crippen LogP contribution < -0.4 is 10.4 Å². The molecule has 0 spiro atoms. The van der Waals surface area contributed by atoms with E-state index < -0.39 is 8.07 Å². The quantitative estimate of drug-likeness (QED) is 0.710. The average molecular weight is 283 g/mol. The van der Waals surface area contributed by atoms with Crippen LogP contribution in [0.15, 0.2) is 60.7 Å². The zero-order valence-electron chi connectivity index (χ0n) is 13.2. The Morgan fingerprint density at radius 2 is 1.10 bits per heavy atom. The molecule has 0 saturated heterocycles. The molecule has 0 aromatic heterocycles. The van der Waals surface area contributed by atoms with Crippen molar-refractivity contribution >= 4 is 18.4 Å². The lowest BCUT2D eigenvalue weighted by Gasteiger charge is -2.45. The van der Waals surface area contributed by atoms with Crippen molar-refractivity contribution in [3.8, 4) is 0 Å². The zero-order valence-corrected chi connectivity index (χ0v) is 14.2. The highest BCUT2D eigenvalue weighted by molar-refractivity contribution is 7.03. The molecule has 0 nitrogen and oxygen atoms in total. The van der Waals surface area contributed by atoms with Gasteiger partial charge in [0.1, 0.15) is 8.07 Å². The largest absolute Gasteiger partial charge is 0.120 e. The van der Waals surface area contributed by atoms with Gasteiger partial charge in [0.05, 0.1) is 0 Å². The Balaban J connectivity index is 2.67. The Morgan fingerprint density at radius 1 is 0.750 bits per heavy atom. The van der Waals surface area contributed by atoms with E-state index in [-0.39, 0.29) is 0 Å². The maximum atomic E-state index is 2.55. The summed E-state index contributed by atoms with van der Waals surface area (Å²) in [5, 5.41) is 3.49. The van der Waals surface area contributed by atoms with Gasteiger partial charge in [-0.1, -0.05) is 111 Å². The third-order valence-electron chi connectivity index (χ3n) is 5.47. The summed E-state index contributed by atoms with van der Waals surface area (Å²) in [5.74, 6) is 0. The van der Waals surface area contributed by atoms with Crippen LogP contribution in [0.1, 0.15) is 33.6 Å². The van der Waals surface area contributed by atoms with Gasteiger partial charge in [0.15, 0.2) is 0 Å². The number of rotatable bonds is 5. The van der Waals surface area contributed by atoms with Crippen molar-refractivity contribution in [2.75, 3.05) is 0 Å². The van der Waals surface area contributed by atoms with Crippen LogP contribution in [0.4, 0.5) is 0 Å². The Hall–Kier alpha value is -1.34. The van der Waals surface area contributed by atoms with Gasteiger partial charge in [-0.3, -0.25) is 0 Å². The van der Waals surface area contributed by atoms with Gasteiger partial charge in [-0.2, -0.15) is 0 Å². The summed E-state index contributed by atoms with van der Waals surface area (Å²) in [7, 11) is -1.76. The Kier molecular flexibility index (Phi) is 4.49. The first-order valence-corrected chi connectivity index (χ1v) is 10.2. The molecule has 2 rings (SSSR count). The van der Waals surface area contributed by atoms with Crippen LogP contribution in [0, 0.1) is 0 Å². The van der Waals surface area contributed by atoms with Crippen molar-refractivity contribution < 1.29 is 0 Å². The van der Waals surface area contributed by atoms with Crippen molar-refractivity contribution in [1.29, 1.82) is 0 Å². The van der Waals surface area contributed by atoms with Crippen LogP contribution in [0.5, 0.6) is 0 Å². The molecule has 0 saturated carbocycles. The molecule has 0 aliphatic heterocycles. The molecule has 0 amide bonds. The van der Waals surface area contributed by atoms with E-state index in [0.29, 0.717) is 5.04 Å². The van der Waals surface area contributed by atoms with E-state index in [1.807, 2.05) is 0 Å². The van der Waals surface area contributed by atoms with Gasteiger partial charge in [0.25, 0.3) is 0 Å². The summed E-state index contributed by atoms with van der Waals surface area (Å²) in [5.41, 5.74) is 0. The molecule has 0 bridgehead atoms. The molecule has 0 heterocycles. The zero-order chi connectivity index (χ0) is 14.6. The van der Waals surface area contributed by atoms with Gasteiger partial charge in [-0.15, -0.1) is 0 Å². The lowest BCUT2D eigenvalue weighted by atomic mass is 10.1. The predicted molar refractivity (Wildman–Crippen MR) is 92.7 cm³/mol. The summed E-state index contributed by atoms with van der Waals surface area (Å²) in [6.45, 7) is 9.73. The van der Waals surface area contributed by atoms with Gasteiger partial charge in [-0.05, 0) is 5.04 Å². The Morgan fingerprint density at radius 3 is 1.40 bits per heavy atom. The molecule has 2 aromatic carbocycles. The van der Waals surface area contributed by atoms with Crippen LogP contribution in [0.25, 0.3) is 0 Å². The molecule has 2 aromatic rings. The van der Waals surface area contributed by atoms with Crippen molar-refractivity contribution in [3.63, 3.8) is 0 Å². The normalized spacial score (nSPS) is 12.4. The SMILES string of the molecule is CCC(C)(CC)[Si](C)(c1ccccc1)c1ccccc1. The number of hydrogen-bond acceptors (Lipinski definition) is 0. The van der Waals surface area contributed by atoms with Gasteiger partial charge in [-0.25, -0.2) is 0 Å². The summed E-state index contributed by atoms with van der Waals surface area (Å²) in [6, 6.07) is 22.4. The van der Waals surface area contributed by atoms with E-state index in [9.17, 15) is 0 Å². The molecule has 0 unspecified atom stereocenters. The molecule has 0 radical (unpaired) electrons. The first kappa shape index (κ1) is 15.1. The van der Waals surface area contributed by atoms with E-state index in [2.05, 4.69) is 88.0 Å². The standard InChI is InChI=1S/C19H26Si/c1-5-19(3,6-2)20(4,17-13-9-7-10-14-17)18-15-11-8-12-16-18/h7-16H,5-6H2,1-4H3. The van der Waals surface area contributed by atoms with Crippen molar-refractivity contribution in [1.82, 2.24) is 0 Å². The highest BCUT2D eigenvalue weighted by Gasteiger charge is 2.46. The summed E-state index contributed by atoms with van der Waals surface area (Å²) in [4.78, 5) is 0. The topological polar surface area (TPSA) is 0 Å². The van der Waals surface area contributed by atoms with Crippen molar-refractivity contribution in [2.24, 2.45) is 0 Å². The van der Waals surface area contributed by atoms with Crippen LogP contribution >= 0.6 is 0 Å². The van der Waals surface area contributed by atoms with Gasteiger partial charge in [0, 0.05) is 0 Å². The maximum absolute atomic E-state index is 2.55. The fourth-order valence-corrected chi connectivity index (χ4v) is 8.22. The molecule has 0 aliphatic carbocycles. The lowest BCUT2D eigenvalue weighted by Crippen LogP contribution is -2.63. The van der Waals surface area contributed by atoms with Crippen LogP contribution in [0.2, 0.25) is 11.6 Å². The Bertz CT molecular complexity index is 487. The van der Waals surface area contributed by atoms with Gasteiger partial charge >= 0.3 is 0 Å². The first-order valence-electron chi connectivity index (χ1n) is 7.69. The van der Waals surface area contributed by atoms with Gasteiger partial charge in [0.2, 0.25) is 0 Å². The highest BCUT2D eigenvalue weighted by atomic mass is 28.3. The smallest absolute Gasteiger partial charge is 0.0651 e. The molecule has 0 aliphatic rings. The van der Waals surface area contributed by atoms with E-state index in [4.69, 9.17) is 0 Å². The lowest BCUT2D eigenvalue weighted by molar-refractivity contribution is 0.550. The van der Waals surface area contributed by atoms with E-state index >= 15 is 0 Å². The second kappa shape index (κ2) is 5.97. The van der Waals surface area contributed by atoms with E-state index in [1.54, 1.807) is 10.4 Å². The molecule has 0 fully saturated rings. The molecular weight excluding hydrogens is 256 g/mol. The first-order chi connectivity index (χ1) is 9.58. The average Bonchev–Trinajstić information content (AvgIpc) is 2.54. The van der Waals surface area contributed by atoms with Crippen molar-refractivity contribution in [2.45, 2.75) is 45.2 Å². The van der Waals surface area contributed by atoms with E-state index in [1.165, 1.54) is 12.8 Å². The van der Waals surface area contributed by atoms with Crippen LogP contribution in [0.3, 0.4) is 0 Å². The summed E-state index contributed by atoms with van der Waals surface area (Å²) in [6.07, 6.45) is 2.46. The fourth-order valence-electron chi connectivity index (χ4n) is 3.36. The monoisotopic (exact) mass is 282 g/mol. The minimum atomic E-state index is -1.76. The summed E-state index contributed by atoms with van der Waals surface area (Å²) >= 11 is 0. The minimum Gasteiger partial charge on any atom is -0.0651 e. The summed E-state index contributed by atoms with van der Waals surface area (Å²) < 4.78 is 0. The second-order valence-electron chi connectivity index (χ2n) is 6.12. The minimum absolute atomic E-state index is 0.385. The number of benzene rings is 2. The number of hydrogen-bond donors (Lipinski definition) is 0. The third-order valence-corrected chi connectivity index (χ3v) is 11.6. The molecule has 0 N–H and O–H groups in total. The van der Waals surface area contributed by atoms with Crippen LogP contribution in [-0.4, -0.2) is 8.07 Å². The molecule has 106 valence electrons. The van der Waals surface area contributed by atoms with Crippen LogP contribution in [-0.2, 0) is 0 Å².